The van der Waals surface area contributed by atoms with Crippen LogP contribution in [-0.2, 0) is 9.59 Å². The van der Waals surface area contributed by atoms with Crippen molar-refractivity contribution in [2.75, 3.05) is 18.4 Å². The van der Waals surface area contributed by atoms with Gasteiger partial charge in [0.25, 0.3) is 5.91 Å². The number of carboxylic acids is 1. The molecule has 9 heteroatoms. The van der Waals surface area contributed by atoms with Gasteiger partial charge in [0, 0.05) is 30.3 Å². The highest BCUT2D eigenvalue weighted by Gasteiger charge is 2.64. The highest BCUT2D eigenvalue weighted by atomic mass is 19.4. The summed E-state index contributed by atoms with van der Waals surface area (Å²) in [6.07, 6.45) is -4.01. The van der Waals surface area contributed by atoms with Gasteiger partial charge >= 0.3 is 12.1 Å². The van der Waals surface area contributed by atoms with Crippen molar-refractivity contribution in [2.24, 2.45) is 11.3 Å². The first kappa shape index (κ1) is 18.2. The van der Waals surface area contributed by atoms with Gasteiger partial charge in [-0.2, -0.15) is 13.2 Å². The van der Waals surface area contributed by atoms with Crippen molar-refractivity contribution < 1.29 is 32.7 Å². The molecule has 3 rings (SSSR count). The van der Waals surface area contributed by atoms with E-state index in [1.165, 1.54) is 18.2 Å². The van der Waals surface area contributed by atoms with Gasteiger partial charge in [-0.1, -0.05) is 6.07 Å². The Morgan fingerprint density at radius 2 is 1.92 bits per heavy atom. The standard InChI is InChI=1S/C17H17F3N2O4/c18-17(19,20)16(15(25)26)6-7-22(9-16)14(24)11-2-1-3-12(8-11)21-13(23)10-4-5-10/h1-3,8,10H,4-7,9H2,(H,21,23)(H,25,26). The molecule has 1 aliphatic carbocycles. The minimum Gasteiger partial charge on any atom is -0.481 e. The van der Waals surface area contributed by atoms with E-state index < -0.39 is 36.4 Å². The number of anilines is 1. The van der Waals surface area contributed by atoms with E-state index in [1.54, 1.807) is 6.07 Å². The lowest BCUT2D eigenvalue weighted by atomic mass is 9.86. The largest absolute Gasteiger partial charge is 0.481 e. The van der Waals surface area contributed by atoms with Crippen molar-refractivity contribution in [3.63, 3.8) is 0 Å². The van der Waals surface area contributed by atoms with Gasteiger partial charge in [-0.25, -0.2) is 0 Å². The summed E-state index contributed by atoms with van der Waals surface area (Å²) in [5, 5.41) is 11.7. The minimum atomic E-state index is -4.95. The van der Waals surface area contributed by atoms with Crippen LogP contribution in [0.4, 0.5) is 18.9 Å². The number of amides is 2. The normalized spacial score (nSPS) is 23.0. The third-order valence-corrected chi connectivity index (χ3v) is 4.83. The fourth-order valence-electron chi connectivity index (χ4n) is 3.01. The number of halogens is 3. The lowest BCUT2D eigenvalue weighted by Crippen LogP contribution is -2.47. The van der Waals surface area contributed by atoms with Gasteiger partial charge < -0.3 is 15.3 Å². The van der Waals surface area contributed by atoms with Crippen LogP contribution >= 0.6 is 0 Å². The van der Waals surface area contributed by atoms with Crippen LogP contribution in [0.2, 0.25) is 0 Å². The topological polar surface area (TPSA) is 86.7 Å². The molecule has 1 saturated heterocycles. The summed E-state index contributed by atoms with van der Waals surface area (Å²) >= 11 is 0. The molecule has 1 aromatic rings. The third-order valence-electron chi connectivity index (χ3n) is 4.83. The number of rotatable bonds is 4. The molecule has 26 heavy (non-hydrogen) atoms. The maximum atomic E-state index is 13.2. The Kier molecular flexibility index (Phi) is 4.41. The minimum absolute atomic E-state index is 0.0316. The average molecular weight is 370 g/mol. The number of likely N-dealkylation sites (tertiary alicyclic amines) is 1. The molecule has 2 amide bonds. The molecule has 0 radical (unpaired) electrons. The Hall–Kier alpha value is -2.58. The first-order valence-corrected chi connectivity index (χ1v) is 8.14. The lowest BCUT2D eigenvalue weighted by Gasteiger charge is -2.27. The van der Waals surface area contributed by atoms with Gasteiger partial charge in [-0.05, 0) is 37.5 Å². The number of hydrogen-bond donors (Lipinski definition) is 2. The predicted molar refractivity (Wildman–Crippen MR) is 84.4 cm³/mol. The summed E-state index contributed by atoms with van der Waals surface area (Å²) in [5.41, 5.74) is -2.46. The summed E-state index contributed by atoms with van der Waals surface area (Å²) in [7, 11) is 0. The van der Waals surface area contributed by atoms with Crippen molar-refractivity contribution in [3.8, 4) is 0 Å². The van der Waals surface area contributed by atoms with Crippen LogP contribution in [-0.4, -0.2) is 47.1 Å². The SMILES string of the molecule is O=C(Nc1cccc(C(=O)N2CCC(C(=O)O)(C(F)(F)F)C2)c1)C1CC1. The molecule has 0 bridgehead atoms. The number of nitrogens with one attached hydrogen (secondary N) is 1. The molecule has 1 aromatic carbocycles. The van der Waals surface area contributed by atoms with Gasteiger partial charge in [0.1, 0.15) is 0 Å². The maximum absolute atomic E-state index is 13.2. The number of carbonyl (C=O) groups excluding carboxylic acids is 2. The van der Waals surface area contributed by atoms with E-state index in [9.17, 15) is 27.6 Å². The molecule has 2 aliphatic rings. The summed E-state index contributed by atoms with van der Waals surface area (Å²) in [5.74, 6) is -2.86. The van der Waals surface area contributed by atoms with Crippen LogP contribution in [0.25, 0.3) is 0 Å². The van der Waals surface area contributed by atoms with Crippen molar-refractivity contribution >= 4 is 23.5 Å². The molecular formula is C17H17F3N2O4. The van der Waals surface area contributed by atoms with E-state index >= 15 is 0 Å². The number of carbonyl (C=O) groups is 3. The van der Waals surface area contributed by atoms with Crippen LogP contribution in [0.15, 0.2) is 24.3 Å². The highest BCUT2D eigenvalue weighted by molar-refractivity contribution is 5.98. The van der Waals surface area contributed by atoms with E-state index in [-0.39, 0.29) is 23.9 Å². The van der Waals surface area contributed by atoms with Gasteiger partial charge in [0.05, 0.1) is 0 Å². The Balaban J connectivity index is 1.75. The van der Waals surface area contributed by atoms with E-state index in [0.29, 0.717) is 5.69 Å². The molecule has 140 valence electrons. The summed E-state index contributed by atoms with van der Waals surface area (Å²) in [4.78, 5) is 36.4. The second kappa shape index (κ2) is 6.30. The van der Waals surface area contributed by atoms with Gasteiger partial charge in [-0.3, -0.25) is 14.4 Å². The third kappa shape index (κ3) is 3.25. The van der Waals surface area contributed by atoms with Crippen LogP contribution < -0.4 is 5.32 Å². The van der Waals surface area contributed by atoms with E-state index in [0.717, 1.165) is 17.7 Å². The maximum Gasteiger partial charge on any atom is 0.406 e. The zero-order valence-electron chi connectivity index (χ0n) is 13.7. The predicted octanol–water partition coefficient (Wildman–Crippen LogP) is 2.51. The van der Waals surface area contributed by atoms with Crippen LogP contribution in [0, 0.1) is 11.3 Å². The Bertz CT molecular complexity index is 761. The highest BCUT2D eigenvalue weighted by Crippen LogP contribution is 2.46. The van der Waals surface area contributed by atoms with Crippen LogP contribution in [0.5, 0.6) is 0 Å². The fourth-order valence-corrected chi connectivity index (χ4v) is 3.01. The van der Waals surface area contributed by atoms with Crippen molar-refractivity contribution in [2.45, 2.75) is 25.4 Å². The molecule has 1 atom stereocenters. The zero-order valence-corrected chi connectivity index (χ0v) is 13.7. The molecule has 6 nitrogen and oxygen atoms in total. The summed E-state index contributed by atoms with van der Waals surface area (Å²) in [6.45, 7) is -1.23. The van der Waals surface area contributed by atoms with E-state index in [1.807, 2.05) is 0 Å². The molecule has 1 saturated carbocycles. The lowest BCUT2D eigenvalue weighted by molar-refractivity contribution is -0.227. The number of carboxylic acid groups (broad SMARTS) is 1. The molecule has 1 heterocycles. The van der Waals surface area contributed by atoms with Crippen molar-refractivity contribution in [3.05, 3.63) is 29.8 Å². The molecule has 2 N–H and O–H groups in total. The molecule has 1 unspecified atom stereocenters. The van der Waals surface area contributed by atoms with Crippen LogP contribution in [0.1, 0.15) is 29.6 Å². The number of benzene rings is 1. The monoisotopic (exact) mass is 370 g/mol. The van der Waals surface area contributed by atoms with Gasteiger partial charge in [-0.15, -0.1) is 0 Å². The molecule has 1 aliphatic heterocycles. The van der Waals surface area contributed by atoms with Crippen LogP contribution in [0.3, 0.4) is 0 Å². The van der Waals surface area contributed by atoms with Crippen molar-refractivity contribution in [1.82, 2.24) is 4.90 Å². The molecule has 0 aromatic heterocycles. The van der Waals surface area contributed by atoms with E-state index in [4.69, 9.17) is 5.11 Å². The average Bonchev–Trinajstić information content (AvgIpc) is 3.31. The van der Waals surface area contributed by atoms with Gasteiger partial charge in [0.2, 0.25) is 5.91 Å². The number of alkyl halides is 3. The number of aliphatic carboxylic acids is 1. The smallest absolute Gasteiger partial charge is 0.406 e. The molecule has 0 spiro atoms. The summed E-state index contributed by atoms with van der Waals surface area (Å²) in [6, 6.07) is 5.90. The number of nitrogens with zero attached hydrogens (tertiary/aromatic N) is 1. The first-order chi connectivity index (χ1) is 12.1. The molecular weight excluding hydrogens is 353 g/mol. The zero-order chi connectivity index (χ0) is 19.1. The Labute approximate surface area is 147 Å². The van der Waals surface area contributed by atoms with E-state index in [2.05, 4.69) is 5.32 Å². The molecule has 2 fully saturated rings. The Morgan fingerprint density at radius 1 is 1.23 bits per heavy atom. The van der Waals surface area contributed by atoms with Gasteiger partial charge in [0.15, 0.2) is 5.41 Å². The Morgan fingerprint density at radius 3 is 2.46 bits per heavy atom. The second-order valence-corrected chi connectivity index (χ2v) is 6.71. The number of hydrogen-bond acceptors (Lipinski definition) is 3. The van der Waals surface area contributed by atoms with Crippen molar-refractivity contribution in [1.29, 1.82) is 0 Å². The second-order valence-electron chi connectivity index (χ2n) is 6.71. The quantitative estimate of drug-likeness (QED) is 0.853. The first-order valence-electron chi connectivity index (χ1n) is 8.14. The summed E-state index contributed by atoms with van der Waals surface area (Å²) < 4.78 is 39.7. The fraction of sp³-hybridized carbons (Fsp3) is 0.471.